The Morgan fingerprint density at radius 2 is 1.93 bits per heavy atom. The van der Waals surface area contributed by atoms with Gasteiger partial charge in [-0.3, -0.25) is 4.79 Å². The van der Waals surface area contributed by atoms with E-state index in [0.717, 1.165) is 43.3 Å². The van der Waals surface area contributed by atoms with Gasteiger partial charge in [-0.1, -0.05) is 17.8 Å². The smallest absolute Gasteiger partial charge is 0.250 e. The SMILES string of the molecule is Cc1cc(C)nc(SCC(=O)N/N=C\c2ccc(N3CCOCC3)c(C)c2)n1. The monoisotopic (exact) mass is 399 g/mol. The lowest BCUT2D eigenvalue weighted by Gasteiger charge is -2.30. The van der Waals surface area contributed by atoms with Crippen molar-refractivity contribution in [2.75, 3.05) is 37.0 Å². The van der Waals surface area contributed by atoms with E-state index in [1.807, 2.05) is 26.0 Å². The Bertz CT molecular complexity index is 845. The van der Waals surface area contributed by atoms with Crippen LogP contribution in [0.4, 0.5) is 5.69 Å². The summed E-state index contributed by atoms with van der Waals surface area (Å²) in [6, 6.07) is 8.07. The third kappa shape index (κ3) is 5.77. The van der Waals surface area contributed by atoms with Crippen LogP contribution in [0, 0.1) is 20.8 Å². The zero-order valence-corrected chi connectivity index (χ0v) is 17.3. The summed E-state index contributed by atoms with van der Waals surface area (Å²) in [5.41, 5.74) is 7.68. The molecule has 1 saturated heterocycles. The highest BCUT2D eigenvalue weighted by Crippen LogP contribution is 2.21. The van der Waals surface area contributed by atoms with E-state index < -0.39 is 0 Å². The Labute approximate surface area is 169 Å². The van der Waals surface area contributed by atoms with Crippen LogP contribution >= 0.6 is 11.8 Å². The van der Waals surface area contributed by atoms with Crippen LogP contribution < -0.4 is 10.3 Å². The number of nitrogens with one attached hydrogen (secondary N) is 1. The van der Waals surface area contributed by atoms with Crippen molar-refractivity contribution < 1.29 is 9.53 Å². The van der Waals surface area contributed by atoms with Crippen molar-refractivity contribution >= 4 is 29.6 Å². The fourth-order valence-electron chi connectivity index (χ4n) is 3.02. The number of ether oxygens (including phenoxy) is 1. The number of carbonyl (C=O) groups is 1. The van der Waals surface area contributed by atoms with E-state index in [9.17, 15) is 4.79 Å². The minimum Gasteiger partial charge on any atom is -0.378 e. The average Bonchev–Trinajstić information content (AvgIpc) is 2.66. The zero-order chi connectivity index (χ0) is 19.9. The molecule has 3 rings (SSSR count). The standard InChI is InChI=1S/C20H25N5O2S/c1-14-10-17(4-5-18(14)25-6-8-27-9-7-25)12-21-24-19(26)13-28-20-22-15(2)11-16(3)23-20/h4-5,10-12H,6-9,13H2,1-3H3,(H,24,26)/b21-12-. The first-order valence-corrected chi connectivity index (χ1v) is 10.2. The van der Waals surface area contributed by atoms with Gasteiger partial charge in [-0.15, -0.1) is 0 Å². The number of hydrogen-bond donors (Lipinski definition) is 1. The van der Waals surface area contributed by atoms with Crippen molar-refractivity contribution in [2.24, 2.45) is 5.10 Å². The summed E-state index contributed by atoms with van der Waals surface area (Å²) >= 11 is 1.30. The molecule has 0 aliphatic carbocycles. The second-order valence-electron chi connectivity index (χ2n) is 6.66. The van der Waals surface area contributed by atoms with E-state index in [0.29, 0.717) is 5.16 Å². The highest BCUT2D eigenvalue weighted by atomic mass is 32.2. The van der Waals surface area contributed by atoms with E-state index in [2.05, 4.69) is 44.5 Å². The first kappa shape index (κ1) is 20.3. The van der Waals surface area contributed by atoms with E-state index in [4.69, 9.17) is 4.74 Å². The number of amides is 1. The lowest BCUT2D eigenvalue weighted by atomic mass is 10.1. The molecule has 148 valence electrons. The van der Waals surface area contributed by atoms with Gasteiger partial charge in [0.2, 0.25) is 0 Å². The minimum atomic E-state index is -0.189. The van der Waals surface area contributed by atoms with Gasteiger partial charge in [-0.25, -0.2) is 15.4 Å². The summed E-state index contributed by atoms with van der Waals surface area (Å²) in [6.07, 6.45) is 1.66. The highest BCUT2D eigenvalue weighted by Gasteiger charge is 2.13. The summed E-state index contributed by atoms with van der Waals surface area (Å²) in [5.74, 6) is 0.0283. The number of aryl methyl sites for hydroxylation is 3. The molecular weight excluding hydrogens is 374 g/mol. The van der Waals surface area contributed by atoms with Crippen LogP contribution in [0.5, 0.6) is 0 Å². The summed E-state index contributed by atoms with van der Waals surface area (Å²) in [5, 5.41) is 4.66. The Morgan fingerprint density at radius 3 is 2.61 bits per heavy atom. The van der Waals surface area contributed by atoms with E-state index in [1.165, 1.54) is 23.0 Å². The van der Waals surface area contributed by atoms with Gasteiger partial charge >= 0.3 is 0 Å². The maximum absolute atomic E-state index is 12.0. The summed E-state index contributed by atoms with van der Waals surface area (Å²) < 4.78 is 5.41. The number of morpholine rings is 1. The molecule has 2 heterocycles. The summed E-state index contributed by atoms with van der Waals surface area (Å²) in [4.78, 5) is 22.9. The second-order valence-corrected chi connectivity index (χ2v) is 7.60. The molecule has 1 aliphatic rings. The molecule has 1 aliphatic heterocycles. The molecule has 1 N–H and O–H groups in total. The predicted octanol–water partition coefficient (Wildman–Crippen LogP) is 2.48. The fourth-order valence-corrected chi connectivity index (χ4v) is 3.76. The van der Waals surface area contributed by atoms with Gasteiger partial charge in [-0.2, -0.15) is 5.10 Å². The Morgan fingerprint density at radius 1 is 1.21 bits per heavy atom. The molecule has 1 aromatic heterocycles. The average molecular weight is 400 g/mol. The maximum atomic E-state index is 12.0. The number of hydrazone groups is 1. The van der Waals surface area contributed by atoms with Gasteiger partial charge in [-0.05, 0) is 50.1 Å². The molecule has 1 fully saturated rings. The second kappa shape index (κ2) is 9.66. The lowest BCUT2D eigenvalue weighted by Crippen LogP contribution is -2.36. The van der Waals surface area contributed by atoms with Gasteiger partial charge in [0.05, 0.1) is 25.2 Å². The van der Waals surface area contributed by atoms with E-state index in [-0.39, 0.29) is 11.7 Å². The van der Waals surface area contributed by atoms with Crippen LogP contribution in [0.25, 0.3) is 0 Å². The first-order chi connectivity index (χ1) is 13.5. The number of carbonyl (C=O) groups excluding carboxylic acids is 1. The molecule has 0 saturated carbocycles. The van der Waals surface area contributed by atoms with Crippen molar-refractivity contribution in [3.63, 3.8) is 0 Å². The van der Waals surface area contributed by atoms with Crippen molar-refractivity contribution in [3.8, 4) is 0 Å². The molecule has 8 heteroatoms. The van der Waals surface area contributed by atoms with Gasteiger partial charge in [0, 0.05) is 30.2 Å². The third-order valence-corrected chi connectivity index (χ3v) is 5.12. The van der Waals surface area contributed by atoms with Crippen molar-refractivity contribution in [1.82, 2.24) is 15.4 Å². The highest BCUT2D eigenvalue weighted by molar-refractivity contribution is 7.99. The fraction of sp³-hybridized carbons (Fsp3) is 0.400. The van der Waals surface area contributed by atoms with Gasteiger partial charge < -0.3 is 9.64 Å². The van der Waals surface area contributed by atoms with Crippen LogP contribution in [0.2, 0.25) is 0 Å². The topological polar surface area (TPSA) is 79.7 Å². The number of rotatable bonds is 6. The number of thioether (sulfide) groups is 1. The Hall–Kier alpha value is -2.45. The Balaban J connectivity index is 1.51. The molecule has 1 aromatic carbocycles. The van der Waals surface area contributed by atoms with Crippen LogP contribution in [0.1, 0.15) is 22.5 Å². The lowest BCUT2D eigenvalue weighted by molar-refractivity contribution is -0.118. The number of nitrogens with zero attached hydrogens (tertiary/aromatic N) is 4. The van der Waals surface area contributed by atoms with Gasteiger partial charge in [0.1, 0.15) is 0 Å². The largest absolute Gasteiger partial charge is 0.378 e. The van der Waals surface area contributed by atoms with Crippen molar-refractivity contribution in [2.45, 2.75) is 25.9 Å². The van der Waals surface area contributed by atoms with Gasteiger partial charge in [0.25, 0.3) is 5.91 Å². The molecule has 0 bridgehead atoms. The normalized spacial score (nSPS) is 14.5. The number of anilines is 1. The molecule has 0 atom stereocenters. The molecule has 0 unspecified atom stereocenters. The first-order valence-electron chi connectivity index (χ1n) is 9.21. The molecule has 0 radical (unpaired) electrons. The molecular formula is C20H25N5O2S. The van der Waals surface area contributed by atoms with Crippen LogP contribution in [0.15, 0.2) is 34.5 Å². The summed E-state index contributed by atoms with van der Waals surface area (Å²) in [6.45, 7) is 9.25. The predicted molar refractivity (Wildman–Crippen MR) is 112 cm³/mol. The molecule has 28 heavy (non-hydrogen) atoms. The van der Waals surface area contributed by atoms with Crippen LogP contribution in [-0.2, 0) is 9.53 Å². The number of aromatic nitrogens is 2. The van der Waals surface area contributed by atoms with Crippen molar-refractivity contribution in [1.29, 1.82) is 0 Å². The molecule has 1 amide bonds. The number of hydrogen-bond acceptors (Lipinski definition) is 7. The quantitative estimate of drug-likeness (QED) is 0.348. The van der Waals surface area contributed by atoms with Crippen LogP contribution in [-0.4, -0.2) is 54.1 Å². The summed E-state index contributed by atoms with van der Waals surface area (Å²) in [7, 11) is 0. The van der Waals surface area contributed by atoms with Crippen molar-refractivity contribution in [3.05, 3.63) is 46.8 Å². The van der Waals surface area contributed by atoms with Gasteiger partial charge in [0.15, 0.2) is 5.16 Å². The third-order valence-electron chi connectivity index (χ3n) is 4.27. The minimum absolute atomic E-state index is 0.189. The van der Waals surface area contributed by atoms with E-state index in [1.54, 1.807) is 6.21 Å². The maximum Gasteiger partial charge on any atom is 0.250 e. The zero-order valence-electron chi connectivity index (χ0n) is 16.4. The Kier molecular flexibility index (Phi) is 7.00. The van der Waals surface area contributed by atoms with Crippen LogP contribution in [0.3, 0.4) is 0 Å². The van der Waals surface area contributed by atoms with E-state index >= 15 is 0 Å². The molecule has 0 spiro atoms. The molecule has 2 aromatic rings. The molecule has 7 nitrogen and oxygen atoms in total. The number of benzene rings is 1.